The minimum absolute atomic E-state index is 0.842. The van der Waals surface area contributed by atoms with E-state index in [-0.39, 0.29) is 0 Å². The second-order valence-electron chi connectivity index (χ2n) is 5.78. The molecule has 2 aliphatic rings. The van der Waals surface area contributed by atoms with Gasteiger partial charge in [-0.15, -0.1) is 0 Å². The van der Waals surface area contributed by atoms with Crippen LogP contribution >= 0.6 is 0 Å². The molecule has 2 saturated heterocycles. The lowest BCUT2D eigenvalue weighted by molar-refractivity contribution is 0.0896. The second kappa shape index (κ2) is 7.43. The maximum absolute atomic E-state index is 5.45. The van der Waals surface area contributed by atoms with Crippen LogP contribution in [-0.2, 0) is 4.74 Å². The van der Waals surface area contributed by atoms with Crippen molar-refractivity contribution in [3.63, 3.8) is 0 Å². The van der Waals surface area contributed by atoms with Crippen molar-refractivity contribution in [2.24, 2.45) is 5.92 Å². The van der Waals surface area contributed by atoms with Gasteiger partial charge in [-0.05, 0) is 39.4 Å². The molecular weight excluding hydrogens is 226 g/mol. The lowest BCUT2D eigenvalue weighted by Gasteiger charge is -2.39. The number of ether oxygens (including phenoxy) is 1. The Hall–Kier alpha value is -0.160. The van der Waals surface area contributed by atoms with Gasteiger partial charge in [0.05, 0.1) is 6.61 Å². The number of hydrogen-bond acceptors (Lipinski definition) is 4. The molecule has 4 nitrogen and oxygen atoms in total. The fourth-order valence-electron chi connectivity index (χ4n) is 3.08. The highest BCUT2D eigenvalue weighted by molar-refractivity contribution is 4.81. The molecule has 2 aliphatic heterocycles. The van der Waals surface area contributed by atoms with Gasteiger partial charge in [0.1, 0.15) is 0 Å². The molecule has 0 aromatic heterocycles. The Labute approximate surface area is 112 Å². The standard InChI is InChI=1S/C14H29N3O/c1-3-18-10-9-16-5-4-6-17(8-7-16)13-14-11-15(2)12-14/h14H,3-13H2,1-2H3. The van der Waals surface area contributed by atoms with E-state index in [1.54, 1.807) is 0 Å². The van der Waals surface area contributed by atoms with Crippen molar-refractivity contribution in [3.05, 3.63) is 0 Å². The topological polar surface area (TPSA) is 19.0 Å². The Morgan fingerprint density at radius 1 is 1.06 bits per heavy atom. The summed E-state index contributed by atoms with van der Waals surface area (Å²) in [4.78, 5) is 7.64. The SMILES string of the molecule is CCOCCN1CCCN(CC2CN(C)C2)CC1. The average molecular weight is 255 g/mol. The van der Waals surface area contributed by atoms with Crippen LogP contribution in [0, 0.1) is 5.92 Å². The lowest BCUT2D eigenvalue weighted by atomic mass is 10.0. The fraction of sp³-hybridized carbons (Fsp3) is 1.00. The third kappa shape index (κ3) is 4.50. The van der Waals surface area contributed by atoms with Gasteiger partial charge >= 0.3 is 0 Å². The first-order valence-corrected chi connectivity index (χ1v) is 7.49. The van der Waals surface area contributed by atoms with Gasteiger partial charge in [0, 0.05) is 45.9 Å². The molecule has 0 atom stereocenters. The summed E-state index contributed by atoms with van der Waals surface area (Å²) in [6.45, 7) is 13.8. The summed E-state index contributed by atoms with van der Waals surface area (Å²) in [5, 5.41) is 0. The van der Waals surface area contributed by atoms with E-state index < -0.39 is 0 Å². The van der Waals surface area contributed by atoms with E-state index in [9.17, 15) is 0 Å². The van der Waals surface area contributed by atoms with Crippen molar-refractivity contribution in [2.75, 3.05) is 72.6 Å². The minimum atomic E-state index is 0.842. The van der Waals surface area contributed by atoms with E-state index in [1.807, 2.05) is 0 Å². The van der Waals surface area contributed by atoms with Crippen LogP contribution in [0.2, 0.25) is 0 Å². The Kier molecular flexibility index (Phi) is 5.89. The first kappa shape index (κ1) is 14.3. The van der Waals surface area contributed by atoms with Crippen LogP contribution < -0.4 is 0 Å². The Morgan fingerprint density at radius 2 is 1.78 bits per heavy atom. The summed E-state index contributed by atoms with van der Waals surface area (Å²) in [6, 6.07) is 0. The minimum Gasteiger partial charge on any atom is -0.380 e. The Bertz CT molecular complexity index is 231. The maximum Gasteiger partial charge on any atom is 0.0593 e. The predicted octanol–water partition coefficient (Wildman–Crippen LogP) is 0.592. The van der Waals surface area contributed by atoms with Gasteiger partial charge in [0.2, 0.25) is 0 Å². The van der Waals surface area contributed by atoms with Crippen LogP contribution in [0.5, 0.6) is 0 Å². The largest absolute Gasteiger partial charge is 0.380 e. The molecule has 0 N–H and O–H groups in total. The molecule has 0 radical (unpaired) electrons. The van der Waals surface area contributed by atoms with Gasteiger partial charge in [-0.25, -0.2) is 0 Å². The average Bonchev–Trinajstić information content (AvgIpc) is 2.53. The molecule has 18 heavy (non-hydrogen) atoms. The third-order valence-corrected chi connectivity index (χ3v) is 4.09. The molecule has 0 bridgehead atoms. The van der Waals surface area contributed by atoms with Crippen molar-refractivity contribution < 1.29 is 4.74 Å². The zero-order valence-corrected chi connectivity index (χ0v) is 12.1. The van der Waals surface area contributed by atoms with E-state index in [1.165, 1.54) is 52.2 Å². The van der Waals surface area contributed by atoms with Gasteiger partial charge in [-0.2, -0.15) is 0 Å². The van der Waals surface area contributed by atoms with Crippen molar-refractivity contribution >= 4 is 0 Å². The van der Waals surface area contributed by atoms with Gasteiger partial charge in [0.15, 0.2) is 0 Å². The Balaban J connectivity index is 1.61. The molecule has 0 saturated carbocycles. The van der Waals surface area contributed by atoms with E-state index in [4.69, 9.17) is 4.74 Å². The summed E-state index contributed by atoms with van der Waals surface area (Å²) >= 11 is 0. The summed E-state index contributed by atoms with van der Waals surface area (Å²) in [6.07, 6.45) is 1.31. The van der Waals surface area contributed by atoms with Crippen LogP contribution in [0.25, 0.3) is 0 Å². The zero-order valence-electron chi connectivity index (χ0n) is 12.1. The highest BCUT2D eigenvalue weighted by Crippen LogP contribution is 2.15. The zero-order chi connectivity index (χ0) is 12.8. The van der Waals surface area contributed by atoms with E-state index in [0.29, 0.717) is 0 Å². The summed E-state index contributed by atoms with van der Waals surface area (Å²) < 4.78 is 5.45. The molecule has 0 aliphatic carbocycles. The third-order valence-electron chi connectivity index (χ3n) is 4.09. The van der Waals surface area contributed by atoms with Crippen molar-refractivity contribution in [1.82, 2.24) is 14.7 Å². The van der Waals surface area contributed by atoms with Crippen molar-refractivity contribution in [3.8, 4) is 0 Å². The normalized spacial score (nSPS) is 25.0. The van der Waals surface area contributed by atoms with Crippen LogP contribution in [0.15, 0.2) is 0 Å². The van der Waals surface area contributed by atoms with Gasteiger partial charge < -0.3 is 14.5 Å². The van der Waals surface area contributed by atoms with Crippen LogP contribution in [-0.4, -0.2) is 87.3 Å². The van der Waals surface area contributed by atoms with Gasteiger partial charge in [-0.1, -0.05) is 0 Å². The molecule has 0 spiro atoms. The van der Waals surface area contributed by atoms with Crippen LogP contribution in [0.4, 0.5) is 0 Å². The first-order valence-electron chi connectivity index (χ1n) is 7.49. The predicted molar refractivity (Wildman–Crippen MR) is 75.0 cm³/mol. The lowest BCUT2D eigenvalue weighted by Crippen LogP contribution is -2.49. The summed E-state index contributed by atoms with van der Waals surface area (Å²) in [5.41, 5.74) is 0. The second-order valence-corrected chi connectivity index (χ2v) is 5.78. The smallest absolute Gasteiger partial charge is 0.0593 e. The van der Waals surface area contributed by atoms with Crippen molar-refractivity contribution in [2.45, 2.75) is 13.3 Å². The van der Waals surface area contributed by atoms with Gasteiger partial charge in [0.25, 0.3) is 0 Å². The Morgan fingerprint density at radius 3 is 2.50 bits per heavy atom. The molecule has 0 aromatic rings. The monoisotopic (exact) mass is 255 g/mol. The quantitative estimate of drug-likeness (QED) is 0.647. The summed E-state index contributed by atoms with van der Waals surface area (Å²) in [7, 11) is 2.22. The molecular formula is C14H29N3O. The van der Waals surface area contributed by atoms with E-state index >= 15 is 0 Å². The van der Waals surface area contributed by atoms with Crippen LogP contribution in [0.1, 0.15) is 13.3 Å². The fourth-order valence-corrected chi connectivity index (χ4v) is 3.08. The molecule has 2 fully saturated rings. The number of hydrogen-bond donors (Lipinski definition) is 0. The molecule has 4 heteroatoms. The maximum atomic E-state index is 5.45. The highest BCUT2D eigenvalue weighted by Gasteiger charge is 2.26. The molecule has 2 rings (SSSR count). The van der Waals surface area contributed by atoms with Gasteiger partial charge in [-0.3, -0.25) is 4.90 Å². The molecule has 0 amide bonds. The highest BCUT2D eigenvalue weighted by atomic mass is 16.5. The number of likely N-dealkylation sites (tertiary alicyclic amines) is 1. The van der Waals surface area contributed by atoms with Crippen LogP contribution in [0.3, 0.4) is 0 Å². The van der Waals surface area contributed by atoms with Crippen molar-refractivity contribution in [1.29, 1.82) is 0 Å². The van der Waals surface area contributed by atoms with E-state index in [2.05, 4.69) is 28.7 Å². The first-order chi connectivity index (χ1) is 8.78. The molecule has 0 aromatic carbocycles. The number of rotatable bonds is 6. The number of nitrogens with zero attached hydrogens (tertiary/aromatic N) is 3. The molecule has 106 valence electrons. The molecule has 0 unspecified atom stereocenters. The molecule has 2 heterocycles. The van der Waals surface area contributed by atoms with E-state index in [0.717, 1.165) is 25.7 Å². The summed E-state index contributed by atoms with van der Waals surface area (Å²) in [5.74, 6) is 0.921.